The van der Waals surface area contributed by atoms with Gasteiger partial charge in [-0.3, -0.25) is 14.9 Å². The number of amides is 3. The summed E-state index contributed by atoms with van der Waals surface area (Å²) in [5, 5.41) is 11.3. The Kier molecular flexibility index (Phi) is 7.99. The molecule has 6 nitrogen and oxygen atoms in total. The third-order valence-corrected chi connectivity index (χ3v) is 3.73. The second-order valence-corrected chi connectivity index (χ2v) is 5.94. The van der Waals surface area contributed by atoms with Gasteiger partial charge in [-0.05, 0) is 26.7 Å². The first-order valence-electron chi connectivity index (χ1n) is 7.50. The molecule has 0 aliphatic rings. The highest BCUT2D eigenvalue weighted by Gasteiger charge is 2.31. The largest absolute Gasteiger partial charge is 0.481 e. The third-order valence-electron chi connectivity index (χ3n) is 3.73. The number of nitrogens with one attached hydrogen (secondary N) is 1. The standard InChI is InChI=1S/C15H28N2O4/c1-6-11(7-2)10-17(8-3)14(21)16-12(18)9-15(4,5)13(19)20/h11H,6-10H2,1-5H3,(H,19,20)(H,16,18,21). The van der Waals surface area contributed by atoms with Crippen LogP contribution in [0, 0.1) is 11.3 Å². The van der Waals surface area contributed by atoms with Crippen LogP contribution in [0.3, 0.4) is 0 Å². The van der Waals surface area contributed by atoms with Crippen LogP contribution in [0.25, 0.3) is 0 Å². The Bertz CT molecular complexity index is 376. The fourth-order valence-corrected chi connectivity index (χ4v) is 1.93. The molecule has 3 amide bonds. The summed E-state index contributed by atoms with van der Waals surface area (Å²) in [6.07, 6.45) is 1.72. The zero-order chi connectivity index (χ0) is 16.6. The number of hydrogen-bond acceptors (Lipinski definition) is 3. The molecule has 0 saturated carbocycles. The van der Waals surface area contributed by atoms with Crippen LogP contribution in [0.5, 0.6) is 0 Å². The number of carboxylic acid groups (broad SMARTS) is 1. The van der Waals surface area contributed by atoms with E-state index in [0.717, 1.165) is 12.8 Å². The molecule has 0 unspecified atom stereocenters. The highest BCUT2D eigenvalue weighted by Crippen LogP contribution is 2.20. The molecule has 0 atom stereocenters. The first-order chi connectivity index (χ1) is 9.67. The van der Waals surface area contributed by atoms with Gasteiger partial charge in [0, 0.05) is 19.5 Å². The molecule has 2 N–H and O–H groups in total. The van der Waals surface area contributed by atoms with Crippen LogP contribution in [0.1, 0.15) is 53.9 Å². The van der Waals surface area contributed by atoms with Crippen LogP contribution in [0.2, 0.25) is 0 Å². The monoisotopic (exact) mass is 300 g/mol. The molecule has 0 heterocycles. The summed E-state index contributed by atoms with van der Waals surface area (Å²) in [6.45, 7) is 10.0. The lowest BCUT2D eigenvalue weighted by Gasteiger charge is -2.26. The fourth-order valence-electron chi connectivity index (χ4n) is 1.93. The Morgan fingerprint density at radius 3 is 2.05 bits per heavy atom. The van der Waals surface area contributed by atoms with Crippen LogP contribution >= 0.6 is 0 Å². The number of aliphatic carboxylic acids is 1. The van der Waals surface area contributed by atoms with Crippen molar-refractivity contribution in [3.8, 4) is 0 Å². The SMILES string of the molecule is CCC(CC)CN(CC)C(=O)NC(=O)CC(C)(C)C(=O)O. The number of imide groups is 1. The molecule has 0 fully saturated rings. The smallest absolute Gasteiger partial charge is 0.324 e. The quantitative estimate of drug-likeness (QED) is 0.721. The molecule has 0 bridgehead atoms. The van der Waals surface area contributed by atoms with E-state index in [1.165, 1.54) is 13.8 Å². The Hall–Kier alpha value is -1.59. The van der Waals surface area contributed by atoms with E-state index in [4.69, 9.17) is 5.11 Å². The summed E-state index contributed by atoms with van der Waals surface area (Å²) < 4.78 is 0. The van der Waals surface area contributed by atoms with Crippen molar-refractivity contribution >= 4 is 17.9 Å². The molecule has 0 aromatic heterocycles. The molecule has 0 spiro atoms. The average Bonchev–Trinajstić information content (AvgIpc) is 2.39. The first kappa shape index (κ1) is 19.4. The second kappa shape index (κ2) is 8.64. The molecule has 0 aromatic rings. The topological polar surface area (TPSA) is 86.7 Å². The molecule has 0 aliphatic heterocycles. The van der Waals surface area contributed by atoms with Crippen molar-refractivity contribution in [3.63, 3.8) is 0 Å². The van der Waals surface area contributed by atoms with Gasteiger partial charge in [-0.2, -0.15) is 0 Å². The van der Waals surface area contributed by atoms with Crippen molar-refractivity contribution < 1.29 is 19.5 Å². The number of carboxylic acids is 1. The van der Waals surface area contributed by atoms with E-state index in [0.29, 0.717) is 19.0 Å². The molecule has 122 valence electrons. The third kappa shape index (κ3) is 6.60. The molecule has 0 aromatic carbocycles. The lowest BCUT2D eigenvalue weighted by atomic mass is 9.89. The molecule has 0 saturated heterocycles. The van der Waals surface area contributed by atoms with E-state index in [9.17, 15) is 14.4 Å². The van der Waals surface area contributed by atoms with Gasteiger partial charge in [0.1, 0.15) is 0 Å². The summed E-state index contributed by atoms with van der Waals surface area (Å²) in [7, 11) is 0. The zero-order valence-electron chi connectivity index (χ0n) is 13.7. The number of rotatable bonds is 8. The van der Waals surface area contributed by atoms with Crippen molar-refractivity contribution in [2.75, 3.05) is 13.1 Å². The van der Waals surface area contributed by atoms with Gasteiger partial charge in [-0.25, -0.2) is 4.79 Å². The Balaban J connectivity index is 4.57. The van der Waals surface area contributed by atoms with Gasteiger partial charge in [0.05, 0.1) is 5.41 Å². The van der Waals surface area contributed by atoms with Crippen LogP contribution < -0.4 is 5.32 Å². The summed E-state index contributed by atoms with van der Waals surface area (Å²) in [5.74, 6) is -1.22. The maximum Gasteiger partial charge on any atom is 0.324 e. The number of nitrogens with zero attached hydrogens (tertiary/aromatic N) is 1. The Labute approximate surface area is 126 Å². The normalized spacial score (nSPS) is 11.3. The molecule has 0 radical (unpaired) electrons. The second-order valence-electron chi connectivity index (χ2n) is 5.94. The average molecular weight is 300 g/mol. The van der Waals surface area contributed by atoms with Gasteiger partial charge in [-0.15, -0.1) is 0 Å². The van der Waals surface area contributed by atoms with Crippen LogP contribution in [-0.4, -0.2) is 41.0 Å². The predicted molar refractivity (Wildman–Crippen MR) is 80.9 cm³/mol. The minimum atomic E-state index is -1.18. The van der Waals surface area contributed by atoms with Gasteiger partial charge in [-0.1, -0.05) is 26.7 Å². The number of urea groups is 1. The molecule has 21 heavy (non-hydrogen) atoms. The number of carbonyl (C=O) groups is 3. The fraction of sp³-hybridized carbons (Fsp3) is 0.800. The molecular weight excluding hydrogens is 272 g/mol. The van der Waals surface area contributed by atoms with Gasteiger partial charge < -0.3 is 10.0 Å². The highest BCUT2D eigenvalue weighted by atomic mass is 16.4. The van der Waals surface area contributed by atoms with Crippen molar-refractivity contribution in [1.82, 2.24) is 10.2 Å². The lowest BCUT2D eigenvalue weighted by Crippen LogP contribution is -2.46. The van der Waals surface area contributed by atoms with E-state index >= 15 is 0 Å². The van der Waals surface area contributed by atoms with E-state index in [-0.39, 0.29) is 6.42 Å². The number of carbonyl (C=O) groups excluding carboxylic acids is 2. The van der Waals surface area contributed by atoms with Gasteiger partial charge in [0.15, 0.2) is 0 Å². The van der Waals surface area contributed by atoms with Gasteiger partial charge in [0.2, 0.25) is 5.91 Å². The van der Waals surface area contributed by atoms with Crippen molar-refractivity contribution in [2.45, 2.75) is 53.9 Å². The minimum absolute atomic E-state index is 0.226. The van der Waals surface area contributed by atoms with E-state index in [1.807, 2.05) is 6.92 Å². The maximum absolute atomic E-state index is 12.1. The predicted octanol–water partition coefficient (Wildman–Crippen LogP) is 2.48. The van der Waals surface area contributed by atoms with Gasteiger partial charge in [0.25, 0.3) is 0 Å². The summed E-state index contributed by atoms with van der Waals surface area (Å²) >= 11 is 0. The summed E-state index contributed by atoms with van der Waals surface area (Å²) in [5.41, 5.74) is -1.18. The Morgan fingerprint density at radius 2 is 1.67 bits per heavy atom. The summed E-state index contributed by atoms with van der Waals surface area (Å²) in [6, 6.07) is -0.449. The van der Waals surface area contributed by atoms with Gasteiger partial charge >= 0.3 is 12.0 Å². The highest BCUT2D eigenvalue weighted by molar-refractivity contribution is 5.96. The van der Waals surface area contributed by atoms with Crippen molar-refractivity contribution in [2.24, 2.45) is 11.3 Å². The van der Waals surface area contributed by atoms with E-state index in [1.54, 1.807) is 4.90 Å². The van der Waals surface area contributed by atoms with Crippen LogP contribution in [-0.2, 0) is 9.59 Å². The molecule has 0 rings (SSSR count). The van der Waals surface area contributed by atoms with Crippen molar-refractivity contribution in [3.05, 3.63) is 0 Å². The molecule has 6 heteroatoms. The first-order valence-corrected chi connectivity index (χ1v) is 7.50. The molecular formula is C15H28N2O4. The molecule has 0 aliphatic carbocycles. The van der Waals surface area contributed by atoms with E-state index < -0.39 is 23.3 Å². The lowest BCUT2D eigenvalue weighted by molar-refractivity contribution is -0.149. The van der Waals surface area contributed by atoms with Crippen LogP contribution in [0.15, 0.2) is 0 Å². The summed E-state index contributed by atoms with van der Waals surface area (Å²) in [4.78, 5) is 36.4. The number of hydrogen-bond donors (Lipinski definition) is 2. The maximum atomic E-state index is 12.1. The van der Waals surface area contributed by atoms with Crippen molar-refractivity contribution in [1.29, 1.82) is 0 Å². The van der Waals surface area contributed by atoms with E-state index in [2.05, 4.69) is 19.2 Å². The zero-order valence-corrected chi connectivity index (χ0v) is 13.7. The van der Waals surface area contributed by atoms with Crippen LogP contribution in [0.4, 0.5) is 4.79 Å². The Morgan fingerprint density at radius 1 is 1.14 bits per heavy atom. The minimum Gasteiger partial charge on any atom is -0.481 e.